The molecule has 0 saturated carbocycles. The molecule has 0 unspecified atom stereocenters. The second-order valence-electron chi connectivity index (χ2n) is 4.93. The highest BCUT2D eigenvalue weighted by atomic mass is 35.5. The number of hydrogen-bond donors (Lipinski definition) is 2. The van der Waals surface area contributed by atoms with E-state index in [1.165, 1.54) is 6.20 Å². The molecular weight excluding hydrogens is 324 g/mol. The lowest BCUT2D eigenvalue weighted by atomic mass is 10.2. The van der Waals surface area contributed by atoms with Gasteiger partial charge in [0.2, 0.25) is 5.95 Å². The summed E-state index contributed by atoms with van der Waals surface area (Å²) in [6.07, 6.45) is 1.54. The molecule has 1 heterocycles. The molecule has 0 fully saturated rings. The van der Waals surface area contributed by atoms with Gasteiger partial charge in [-0.2, -0.15) is 15.3 Å². The van der Waals surface area contributed by atoms with Crippen molar-refractivity contribution in [3.05, 3.63) is 70.9 Å². The molecule has 0 atom stereocenters. The second kappa shape index (κ2) is 7.40. The molecule has 2 N–H and O–H groups in total. The van der Waals surface area contributed by atoms with Crippen LogP contribution in [0.4, 0.5) is 17.5 Å². The lowest BCUT2D eigenvalue weighted by molar-refractivity contribution is 0.966. The third kappa shape index (κ3) is 3.97. The van der Waals surface area contributed by atoms with Gasteiger partial charge in [0.1, 0.15) is 0 Å². The SMILES string of the molecule is N#Cc1cccc(Nc2nncc(NCc3ccccc3Cl)n2)c1. The van der Waals surface area contributed by atoms with Crippen LogP contribution in [0.2, 0.25) is 5.02 Å². The standard InChI is InChI=1S/C17H13ClN6/c18-15-7-2-1-5-13(15)10-20-16-11-21-24-17(23-16)22-14-6-3-4-12(8-14)9-19/h1-8,11H,10H2,(H2,20,22,23,24). The number of nitriles is 1. The zero-order valence-electron chi connectivity index (χ0n) is 12.6. The molecule has 24 heavy (non-hydrogen) atoms. The van der Waals surface area contributed by atoms with Gasteiger partial charge in [-0.15, -0.1) is 5.10 Å². The van der Waals surface area contributed by atoms with E-state index in [0.29, 0.717) is 28.9 Å². The number of nitrogens with zero attached hydrogens (tertiary/aromatic N) is 4. The summed E-state index contributed by atoms with van der Waals surface area (Å²) < 4.78 is 0. The highest BCUT2D eigenvalue weighted by molar-refractivity contribution is 6.31. The number of halogens is 1. The molecule has 0 bridgehead atoms. The van der Waals surface area contributed by atoms with E-state index in [-0.39, 0.29) is 0 Å². The Balaban J connectivity index is 1.70. The first-order valence-corrected chi connectivity index (χ1v) is 7.56. The van der Waals surface area contributed by atoms with Crippen molar-refractivity contribution in [2.75, 3.05) is 10.6 Å². The van der Waals surface area contributed by atoms with Crippen LogP contribution in [0.25, 0.3) is 0 Å². The van der Waals surface area contributed by atoms with Gasteiger partial charge in [0.05, 0.1) is 17.8 Å². The van der Waals surface area contributed by atoms with Crippen molar-refractivity contribution in [3.8, 4) is 6.07 Å². The molecule has 0 radical (unpaired) electrons. The number of hydrogen-bond acceptors (Lipinski definition) is 6. The Morgan fingerprint density at radius 2 is 2.00 bits per heavy atom. The Morgan fingerprint density at radius 1 is 1.12 bits per heavy atom. The van der Waals surface area contributed by atoms with E-state index in [2.05, 4.69) is 31.9 Å². The van der Waals surface area contributed by atoms with E-state index < -0.39 is 0 Å². The van der Waals surface area contributed by atoms with Gasteiger partial charge >= 0.3 is 0 Å². The van der Waals surface area contributed by atoms with E-state index in [4.69, 9.17) is 16.9 Å². The van der Waals surface area contributed by atoms with E-state index in [9.17, 15) is 0 Å². The van der Waals surface area contributed by atoms with Crippen molar-refractivity contribution >= 4 is 29.1 Å². The van der Waals surface area contributed by atoms with E-state index in [1.807, 2.05) is 30.3 Å². The smallest absolute Gasteiger partial charge is 0.249 e. The minimum atomic E-state index is 0.342. The molecule has 7 heteroatoms. The summed E-state index contributed by atoms with van der Waals surface area (Å²) in [7, 11) is 0. The number of rotatable bonds is 5. The molecule has 0 amide bonds. The van der Waals surface area contributed by atoms with Gasteiger partial charge in [-0.25, -0.2) is 0 Å². The van der Waals surface area contributed by atoms with Crippen molar-refractivity contribution in [1.82, 2.24) is 15.2 Å². The van der Waals surface area contributed by atoms with Gasteiger partial charge < -0.3 is 10.6 Å². The molecule has 0 aliphatic heterocycles. The van der Waals surface area contributed by atoms with Crippen molar-refractivity contribution < 1.29 is 0 Å². The fourth-order valence-electron chi connectivity index (χ4n) is 2.06. The van der Waals surface area contributed by atoms with E-state index in [0.717, 1.165) is 11.3 Å². The zero-order chi connectivity index (χ0) is 16.8. The first-order valence-electron chi connectivity index (χ1n) is 7.19. The maximum atomic E-state index is 8.93. The number of nitrogens with one attached hydrogen (secondary N) is 2. The third-order valence-electron chi connectivity index (χ3n) is 3.22. The summed E-state index contributed by atoms with van der Waals surface area (Å²) in [6.45, 7) is 0.529. The molecule has 118 valence electrons. The van der Waals surface area contributed by atoms with Crippen molar-refractivity contribution in [2.45, 2.75) is 6.54 Å². The van der Waals surface area contributed by atoms with Gasteiger partial charge in [-0.3, -0.25) is 0 Å². The Labute approximate surface area is 144 Å². The van der Waals surface area contributed by atoms with Crippen LogP contribution in [0, 0.1) is 11.3 Å². The van der Waals surface area contributed by atoms with Crippen LogP contribution in [0.5, 0.6) is 0 Å². The lowest BCUT2D eigenvalue weighted by Crippen LogP contribution is -2.06. The molecule has 3 aromatic rings. The Kier molecular flexibility index (Phi) is 4.84. The molecule has 1 aromatic heterocycles. The van der Waals surface area contributed by atoms with Gasteiger partial charge in [0.15, 0.2) is 5.82 Å². The first-order chi connectivity index (χ1) is 11.7. The highest BCUT2D eigenvalue weighted by Crippen LogP contribution is 2.17. The third-order valence-corrected chi connectivity index (χ3v) is 3.59. The summed E-state index contributed by atoms with van der Waals surface area (Å²) >= 11 is 6.13. The molecule has 0 aliphatic carbocycles. The van der Waals surface area contributed by atoms with Crippen molar-refractivity contribution in [2.24, 2.45) is 0 Å². The van der Waals surface area contributed by atoms with Crippen molar-refractivity contribution in [1.29, 1.82) is 5.26 Å². The summed E-state index contributed by atoms with van der Waals surface area (Å²) in [5, 5.41) is 23.7. The summed E-state index contributed by atoms with van der Waals surface area (Å²) in [4.78, 5) is 4.35. The van der Waals surface area contributed by atoms with Crippen LogP contribution >= 0.6 is 11.6 Å². The molecule has 0 spiro atoms. The molecular formula is C17H13ClN6. The molecule has 0 saturated heterocycles. The minimum Gasteiger partial charge on any atom is -0.364 e. The van der Waals surface area contributed by atoms with Gasteiger partial charge in [0.25, 0.3) is 0 Å². The number of aromatic nitrogens is 3. The monoisotopic (exact) mass is 336 g/mol. The maximum absolute atomic E-state index is 8.93. The zero-order valence-corrected chi connectivity index (χ0v) is 13.3. The van der Waals surface area contributed by atoms with E-state index >= 15 is 0 Å². The first kappa shape index (κ1) is 15.7. The fourth-order valence-corrected chi connectivity index (χ4v) is 2.27. The molecule has 2 aromatic carbocycles. The molecule has 3 rings (SSSR count). The summed E-state index contributed by atoms with van der Waals surface area (Å²) in [5.41, 5.74) is 2.24. The van der Waals surface area contributed by atoms with Crippen LogP contribution in [0.1, 0.15) is 11.1 Å². The average molecular weight is 337 g/mol. The largest absolute Gasteiger partial charge is 0.364 e. The second-order valence-corrected chi connectivity index (χ2v) is 5.33. The predicted octanol–water partition coefficient (Wildman–Crippen LogP) is 3.75. The molecule has 0 aliphatic rings. The van der Waals surface area contributed by atoms with Crippen molar-refractivity contribution in [3.63, 3.8) is 0 Å². The van der Waals surface area contributed by atoms with Crippen LogP contribution in [0.3, 0.4) is 0 Å². The van der Waals surface area contributed by atoms with Gasteiger partial charge in [-0.1, -0.05) is 35.9 Å². The maximum Gasteiger partial charge on any atom is 0.249 e. The van der Waals surface area contributed by atoms with Crippen LogP contribution in [-0.2, 0) is 6.54 Å². The number of benzene rings is 2. The van der Waals surface area contributed by atoms with Crippen LogP contribution in [0.15, 0.2) is 54.7 Å². The van der Waals surface area contributed by atoms with Crippen LogP contribution in [-0.4, -0.2) is 15.2 Å². The highest BCUT2D eigenvalue weighted by Gasteiger charge is 2.04. The minimum absolute atomic E-state index is 0.342. The fraction of sp³-hybridized carbons (Fsp3) is 0.0588. The van der Waals surface area contributed by atoms with Gasteiger partial charge in [0, 0.05) is 17.3 Å². The topological polar surface area (TPSA) is 86.5 Å². The summed E-state index contributed by atoms with van der Waals surface area (Å²) in [5.74, 6) is 0.915. The predicted molar refractivity (Wildman–Crippen MR) is 93.0 cm³/mol. The average Bonchev–Trinajstić information content (AvgIpc) is 2.61. The quantitative estimate of drug-likeness (QED) is 0.737. The van der Waals surface area contributed by atoms with Crippen LogP contribution < -0.4 is 10.6 Å². The Hall–Kier alpha value is -3.17. The normalized spacial score (nSPS) is 10.0. The van der Waals surface area contributed by atoms with E-state index in [1.54, 1.807) is 18.2 Å². The number of anilines is 3. The Morgan fingerprint density at radius 3 is 2.83 bits per heavy atom. The Bertz CT molecular complexity index is 890. The van der Waals surface area contributed by atoms with Gasteiger partial charge in [-0.05, 0) is 29.8 Å². The lowest BCUT2D eigenvalue weighted by Gasteiger charge is -2.08. The molecule has 6 nitrogen and oxygen atoms in total. The summed E-state index contributed by atoms with van der Waals surface area (Å²) in [6, 6.07) is 16.7.